The lowest BCUT2D eigenvalue weighted by Crippen LogP contribution is -2.53. The Morgan fingerprint density at radius 2 is 2.00 bits per heavy atom. The lowest BCUT2D eigenvalue weighted by Gasteiger charge is -2.35. The van der Waals surface area contributed by atoms with E-state index in [0.717, 1.165) is 25.8 Å². The first-order valence-electron chi connectivity index (χ1n) is 8.08. The molecule has 0 radical (unpaired) electrons. The standard InChI is InChI=1S/C14H30N4O2S/c1-12(17(3)13-7-8-13)10-16-21(19,20)18-9-5-4-6-14(18)11-15-2/h12-16H,4-11H2,1-3H3. The van der Waals surface area contributed by atoms with Crippen LogP contribution >= 0.6 is 0 Å². The van der Waals surface area contributed by atoms with Crippen LogP contribution in [0, 0.1) is 0 Å². The fraction of sp³-hybridized carbons (Fsp3) is 1.00. The minimum atomic E-state index is -3.37. The molecule has 0 amide bonds. The number of nitrogens with zero attached hydrogens (tertiary/aromatic N) is 2. The molecule has 1 saturated heterocycles. The molecule has 6 nitrogen and oxygen atoms in total. The van der Waals surface area contributed by atoms with Crippen molar-refractivity contribution in [2.45, 2.75) is 57.2 Å². The quantitative estimate of drug-likeness (QED) is 0.679. The topological polar surface area (TPSA) is 64.7 Å². The summed E-state index contributed by atoms with van der Waals surface area (Å²) in [6.07, 6.45) is 5.49. The maximum absolute atomic E-state index is 12.6. The number of piperidine rings is 1. The predicted molar refractivity (Wildman–Crippen MR) is 85.4 cm³/mol. The van der Waals surface area contributed by atoms with Crippen LogP contribution in [0.15, 0.2) is 0 Å². The summed E-state index contributed by atoms with van der Waals surface area (Å²) in [5.41, 5.74) is 0. The molecule has 21 heavy (non-hydrogen) atoms. The Morgan fingerprint density at radius 3 is 2.62 bits per heavy atom. The number of hydrogen-bond donors (Lipinski definition) is 2. The van der Waals surface area contributed by atoms with Gasteiger partial charge in [-0.3, -0.25) is 4.90 Å². The second kappa shape index (κ2) is 7.37. The summed E-state index contributed by atoms with van der Waals surface area (Å²) in [5.74, 6) is 0. The highest BCUT2D eigenvalue weighted by Gasteiger charge is 2.33. The highest BCUT2D eigenvalue weighted by molar-refractivity contribution is 7.87. The maximum atomic E-state index is 12.6. The second-order valence-corrected chi connectivity index (χ2v) is 8.12. The third-order valence-electron chi connectivity index (χ3n) is 4.70. The molecule has 0 aromatic carbocycles. The predicted octanol–water partition coefficient (Wildman–Crippen LogP) is 0.377. The Hall–Kier alpha value is -0.210. The fourth-order valence-electron chi connectivity index (χ4n) is 3.02. The lowest BCUT2D eigenvalue weighted by molar-refractivity contribution is 0.234. The van der Waals surface area contributed by atoms with Gasteiger partial charge in [0.2, 0.25) is 0 Å². The van der Waals surface area contributed by atoms with Crippen LogP contribution in [0.4, 0.5) is 0 Å². The molecule has 2 rings (SSSR count). The smallest absolute Gasteiger partial charge is 0.279 e. The number of likely N-dealkylation sites (N-methyl/N-ethyl adjacent to an activating group) is 2. The summed E-state index contributed by atoms with van der Waals surface area (Å²) in [6.45, 7) is 3.92. The fourth-order valence-corrected chi connectivity index (χ4v) is 4.58. The summed E-state index contributed by atoms with van der Waals surface area (Å²) in [4.78, 5) is 2.28. The van der Waals surface area contributed by atoms with Crippen molar-refractivity contribution in [2.75, 3.05) is 33.7 Å². The first-order valence-corrected chi connectivity index (χ1v) is 9.52. The first kappa shape index (κ1) is 17.1. The van der Waals surface area contributed by atoms with Gasteiger partial charge in [0, 0.05) is 37.8 Å². The molecule has 7 heteroatoms. The summed E-state index contributed by atoms with van der Waals surface area (Å²) in [5, 5.41) is 3.10. The molecule has 2 N–H and O–H groups in total. The van der Waals surface area contributed by atoms with Gasteiger partial charge in [0.05, 0.1) is 0 Å². The maximum Gasteiger partial charge on any atom is 0.279 e. The molecule has 2 atom stereocenters. The second-order valence-electron chi connectivity index (χ2n) is 6.42. The van der Waals surface area contributed by atoms with Crippen molar-refractivity contribution in [2.24, 2.45) is 0 Å². The van der Waals surface area contributed by atoms with E-state index in [9.17, 15) is 8.42 Å². The third kappa shape index (κ3) is 4.63. The molecule has 124 valence electrons. The van der Waals surface area contributed by atoms with Crippen LogP contribution in [-0.4, -0.2) is 69.5 Å². The molecular weight excluding hydrogens is 288 g/mol. The molecule has 2 aliphatic rings. The van der Waals surface area contributed by atoms with Gasteiger partial charge < -0.3 is 5.32 Å². The minimum Gasteiger partial charge on any atom is -0.318 e. The van der Waals surface area contributed by atoms with Crippen molar-refractivity contribution in [1.29, 1.82) is 0 Å². The SMILES string of the molecule is CNCC1CCCCN1S(=O)(=O)NCC(C)N(C)C1CC1. The van der Waals surface area contributed by atoms with Gasteiger partial charge in [-0.2, -0.15) is 12.7 Å². The van der Waals surface area contributed by atoms with Gasteiger partial charge in [-0.1, -0.05) is 6.42 Å². The van der Waals surface area contributed by atoms with E-state index in [1.807, 2.05) is 7.05 Å². The molecule has 0 spiro atoms. The lowest BCUT2D eigenvalue weighted by atomic mass is 10.1. The molecule has 2 unspecified atom stereocenters. The van der Waals surface area contributed by atoms with Gasteiger partial charge in [0.1, 0.15) is 0 Å². The Balaban J connectivity index is 1.89. The van der Waals surface area contributed by atoms with E-state index in [4.69, 9.17) is 0 Å². The van der Waals surface area contributed by atoms with E-state index >= 15 is 0 Å². The Kier molecular flexibility index (Phi) is 6.02. The summed E-state index contributed by atoms with van der Waals surface area (Å²) in [6, 6.07) is 0.967. The molecule has 1 aliphatic heterocycles. The van der Waals surface area contributed by atoms with Gasteiger partial charge in [-0.15, -0.1) is 0 Å². The van der Waals surface area contributed by atoms with Crippen molar-refractivity contribution in [3.05, 3.63) is 0 Å². The molecule has 1 saturated carbocycles. The normalized spacial score (nSPS) is 26.2. The van der Waals surface area contributed by atoms with Gasteiger partial charge in [-0.25, -0.2) is 4.72 Å². The van der Waals surface area contributed by atoms with Crippen LogP contribution in [0.25, 0.3) is 0 Å². The minimum absolute atomic E-state index is 0.0812. The van der Waals surface area contributed by atoms with Crippen molar-refractivity contribution in [3.8, 4) is 0 Å². The number of rotatable bonds is 8. The van der Waals surface area contributed by atoms with Crippen LogP contribution in [-0.2, 0) is 10.2 Å². The van der Waals surface area contributed by atoms with E-state index in [1.165, 1.54) is 12.8 Å². The molecule has 2 fully saturated rings. The molecule has 0 bridgehead atoms. The zero-order valence-corrected chi connectivity index (χ0v) is 14.3. The van der Waals surface area contributed by atoms with Crippen molar-refractivity contribution < 1.29 is 8.42 Å². The van der Waals surface area contributed by atoms with Crippen LogP contribution in [0.3, 0.4) is 0 Å². The summed E-state index contributed by atoms with van der Waals surface area (Å²) < 4.78 is 29.6. The number of nitrogens with one attached hydrogen (secondary N) is 2. The average Bonchev–Trinajstić information content (AvgIpc) is 3.29. The Labute approximate surface area is 129 Å². The average molecular weight is 318 g/mol. The van der Waals surface area contributed by atoms with Crippen molar-refractivity contribution in [3.63, 3.8) is 0 Å². The molecule has 1 heterocycles. The highest BCUT2D eigenvalue weighted by atomic mass is 32.2. The third-order valence-corrected chi connectivity index (χ3v) is 6.33. The Morgan fingerprint density at radius 1 is 1.29 bits per heavy atom. The summed E-state index contributed by atoms with van der Waals surface area (Å²) in [7, 11) is 0.587. The van der Waals surface area contributed by atoms with Gasteiger partial charge >= 0.3 is 0 Å². The molecular formula is C14H30N4O2S. The van der Waals surface area contributed by atoms with Gasteiger partial charge in [0.25, 0.3) is 10.2 Å². The Bertz CT molecular complexity index is 423. The molecule has 1 aliphatic carbocycles. The van der Waals surface area contributed by atoms with Gasteiger partial charge in [0.15, 0.2) is 0 Å². The summed E-state index contributed by atoms with van der Waals surface area (Å²) >= 11 is 0. The molecule has 0 aromatic heterocycles. The van der Waals surface area contributed by atoms with E-state index < -0.39 is 10.2 Å². The van der Waals surface area contributed by atoms with Gasteiger partial charge in [-0.05, 0) is 46.7 Å². The van der Waals surface area contributed by atoms with E-state index in [1.54, 1.807) is 4.31 Å². The van der Waals surface area contributed by atoms with E-state index in [2.05, 4.69) is 28.9 Å². The largest absolute Gasteiger partial charge is 0.318 e. The monoisotopic (exact) mass is 318 g/mol. The first-order chi connectivity index (χ1) is 9.95. The van der Waals surface area contributed by atoms with Crippen LogP contribution in [0.2, 0.25) is 0 Å². The van der Waals surface area contributed by atoms with E-state index in [-0.39, 0.29) is 12.1 Å². The van der Waals surface area contributed by atoms with Crippen molar-refractivity contribution >= 4 is 10.2 Å². The zero-order chi connectivity index (χ0) is 15.5. The highest BCUT2D eigenvalue weighted by Crippen LogP contribution is 2.27. The van der Waals surface area contributed by atoms with Crippen LogP contribution in [0.1, 0.15) is 39.0 Å². The molecule has 0 aromatic rings. The van der Waals surface area contributed by atoms with E-state index in [0.29, 0.717) is 19.1 Å². The number of hydrogen-bond acceptors (Lipinski definition) is 4. The zero-order valence-electron chi connectivity index (χ0n) is 13.5. The van der Waals surface area contributed by atoms with Crippen LogP contribution < -0.4 is 10.0 Å². The van der Waals surface area contributed by atoms with Crippen molar-refractivity contribution in [1.82, 2.24) is 19.2 Å². The van der Waals surface area contributed by atoms with Crippen LogP contribution in [0.5, 0.6) is 0 Å².